The Morgan fingerprint density at radius 2 is 2.07 bits per heavy atom. The summed E-state index contributed by atoms with van der Waals surface area (Å²) in [6.45, 7) is 13.3. The highest BCUT2D eigenvalue weighted by molar-refractivity contribution is 5.79. The lowest BCUT2D eigenvalue weighted by molar-refractivity contribution is -0.0318. The van der Waals surface area contributed by atoms with Crippen LogP contribution < -0.4 is 15.5 Å². The van der Waals surface area contributed by atoms with Crippen LogP contribution in [-0.4, -0.2) is 64.6 Å². The van der Waals surface area contributed by atoms with E-state index in [0.717, 1.165) is 77.8 Å². The molecule has 0 atom stereocenters. The molecule has 1 fully saturated rings. The lowest BCUT2D eigenvalue weighted by Gasteiger charge is -2.24. The van der Waals surface area contributed by atoms with E-state index in [1.807, 2.05) is 0 Å². The smallest absolute Gasteiger partial charge is 0.191 e. The van der Waals surface area contributed by atoms with Crippen molar-refractivity contribution in [3.63, 3.8) is 0 Å². The quantitative estimate of drug-likeness (QED) is 0.346. The summed E-state index contributed by atoms with van der Waals surface area (Å²) < 4.78 is 11.3. The first-order chi connectivity index (χ1) is 13.7. The SMILES string of the molecule is CCNC(=NCCCOC1CCOCC1)NCCN(CC)c1cccc(C)c1. The first kappa shape index (κ1) is 22.5. The van der Waals surface area contributed by atoms with Crippen LogP contribution in [0.15, 0.2) is 29.3 Å². The van der Waals surface area contributed by atoms with Gasteiger partial charge in [-0.15, -0.1) is 0 Å². The highest BCUT2D eigenvalue weighted by Crippen LogP contribution is 2.15. The van der Waals surface area contributed by atoms with Gasteiger partial charge in [-0.3, -0.25) is 4.99 Å². The lowest BCUT2D eigenvalue weighted by atomic mass is 10.1. The van der Waals surface area contributed by atoms with E-state index >= 15 is 0 Å². The van der Waals surface area contributed by atoms with Crippen LogP contribution in [0.25, 0.3) is 0 Å². The first-order valence-electron chi connectivity index (χ1n) is 10.8. The largest absolute Gasteiger partial charge is 0.381 e. The van der Waals surface area contributed by atoms with E-state index in [-0.39, 0.29) is 0 Å². The van der Waals surface area contributed by atoms with E-state index in [0.29, 0.717) is 6.10 Å². The highest BCUT2D eigenvalue weighted by Gasteiger charge is 2.13. The number of rotatable bonds is 11. The molecule has 0 spiro atoms. The Kier molecular flexibility index (Phi) is 10.8. The van der Waals surface area contributed by atoms with Crippen LogP contribution in [0.2, 0.25) is 0 Å². The molecule has 1 saturated heterocycles. The van der Waals surface area contributed by atoms with E-state index in [4.69, 9.17) is 9.47 Å². The van der Waals surface area contributed by atoms with E-state index in [2.05, 4.69) is 65.6 Å². The number of guanidine groups is 1. The van der Waals surface area contributed by atoms with Gasteiger partial charge >= 0.3 is 0 Å². The molecule has 1 aromatic rings. The third-order valence-electron chi connectivity index (χ3n) is 4.86. The molecular formula is C22H38N4O2. The van der Waals surface area contributed by atoms with Crippen LogP contribution in [0.3, 0.4) is 0 Å². The summed E-state index contributed by atoms with van der Waals surface area (Å²) in [6, 6.07) is 8.67. The minimum absolute atomic E-state index is 0.366. The second kappa shape index (κ2) is 13.4. The Hall–Kier alpha value is -1.79. The van der Waals surface area contributed by atoms with Crippen molar-refractivity contribution in [1.29, 1.82) is 0 Å². The van der Waals surface area contributed by atoms with Crippen molar-refractivity contribution < 1.29 is 9.47 Å². The van der Waals surface area contributed by atoms with Crippen molar-refractivity contribution in [2.24, 2.45) is 4.99 Å². The number of aryl methyl sites for hydroxylation is 1. The number of nitrogens with one attached hydrogen (secondary N) is 2. The summed E-state index contributed by atoms with van der Waals surface area (Å²) in [5.41, 5.74) is 2.57. The predicted octanol–water partition coefficient (Wildman–Crippen LogP) is 2.96. The van der Waals surface area contributed by atoms with Gasteiger partial charge < -0.3 is 25.0 Å². The molecular weight excluding hydrogens is 352 g/mol. The predicted molar refractivity (Wildman–Crippen MR) is 117 cm³/mol. The Morgan fingerprint density at radius 1 is 1.25 bits per heavy atom. The summed E-state index contributed by atoms with van der Waals surface area (Å²) in [4.78, 5) is 7.06. The Labute approximate surface area is 170 Å². The first-order valence-corrected chi connectivity index (χ1v) is 10.8. The minimum Gasteiger partial charge on any atom is -0.381 e. The van der Waals surface area contributed by atoms with Gasteiger partial charge in [-0.2, -0.15) is 0 Å². The molecule has 0 aromatic heterocycles. The van der Waals surface area contributed by atoms with Crippen LogP contribution in [0.5, 0.6) is 0 Å². The molecule has 6 heteroatoms. The Morgan fingerprint density at radius 3 is 2.79 bits per heavy atom. The summed E-state index contributed by atoms with van der Waals surface area (Å²) in [5, 5.41) is 6.78. The summed E-state index contributed by atoms with van der Waals surface area (Å²) >= 11 is 0. The zero-order valence-electron chi connectivity index (χ0n) is 17.9. The van der Waals surface area contributed by atoms with E-state index < -0.39 is 0 Å². The number of hydrogen-bond donors (Lipinski definition) is 2. The third kappa shape index (κ3) is 8.48. The van der Waals surface area contributed by atoms with Gasteiger partial charge in [-0.25, -0.2) is 0 Å². The van der Waals surface area contributed by atoms with Gasteiger partial charge in [0.2, 0.25) is 0 Å². The number of anilines is 1. The number of ether oxygens (including phenoxy) is 2. The van der Waals surface area contributed by atoms with Gasteiger partial charge in [-0.05, 0) is 57.7 Å². The Balaban J connectivity index is 1.69. The molecule has 0 amide bonds. The fraction of sp³-hybridized carbons (Fsp3) is 0.682. The molecule has 1 aliphatic heterocycles. The van der Waals surface area contributed by atoms with Crippen LogP contribution >= 0.6 is 0 Å². The number of aliphatic imine (C=N–C) groups is 1. The molecule has 0 saturated carbocycles. The monoisotopic (exact) mass is 390 g/mol. The molecule has 1 aromatic carbocycles. The maximum Gasteiger partial charge on any atom is 0.191 e. The summed E-state index contributed by atoms with van der Waals surface area (Å²) in [7, 11) is 0. The van der Waals surface area contributed by atoms with Crippen molar-refractivity contribution in [2.75, 3.05) is 57.4 Å². The average molecular weight is 391 g/mol. The molecule has 1 aliphatic rings. The fourth-order valence-corrected chi connectivity index (χ4v) is 3.29. The van der Waals surface area contributed by atoms with Crippen molar-refractivity contribution >= 4 is 11.6 Å². The molecule has 0 aliphatic carbocycles. The van der Waals surface area contributed by atoms with Crippen molar-refractivity contribution in [3.8, 4) is 0 Å². The molecule has 158 valence electrons. The van der Waals surface area contributed by atoms with Crippen LogP contribution in [0, 0.1) is 6.92 Å². The molecule has 6 nitrogen and oxygen atoms in total. The molecule has 0 bridgehead atoms. The van der Waals surface area contributed by atoms with Gasteiger partial charge in [-0.1, -0.05) is 12.1 Å². The van der Waals surface area contributed by atoms with E-state index in [1.165, 1.54) is 11.3 Å². The standard InChI is InChI=1S/C22H38N4O2/c1-4-23-22(24-12-7-15-28-21-10-16-27-17-11-21)25-13-14-26(5-2)20-9-6-8-19(3)18-20/h6,8-9,18,21H,4-5,7,10-17H2,1-3H3,(H2,23,24,25). The second-order valence-electron chi connectivity index (χ2n) is 7.14. The molecule has 0 radical (unpaired) electrons. The molecule has 2 rings (SSSR count). The topological polar surface area (TPSA) is 58.1 Å². The van der Waals surface area contributed by atoms with Gasteiger partial charge in [0.25, 0.3) is 0 Å². The van der Waals surface area contributed by atoms with Gasteiger partial charge in [0.1, 0.15) is 0 Å². The average Bonchev–Trinajstić information content (AvgIpc) is 2.71. The molecule has 28 heavy (non-hydrogen) atoms. The maximum atomic E-state index is 5.91. The maximum absolute atomic E-state index is 5.91. The zero-order chi connectivity index (χ0) is 20.0. The van der Waals surface area contributed by atoms with Gasteiger partial charge in [0, 0.05) is 58.2 Å². The van der Waals surface area contributed by atoms with Crippen molar-refractivity contribution in [1.82, 2.24) is 10.6 Å². The lowest BCUT2D eigenvalue weighted by Crippen LogP contribution is -2.41. The van der Waals surface area contributed by atoms with Gasteiger partial charge in [0.05, 0.1) is 6.10 Å². The molecule has 0 unspecified atom stereocenters. The summed E-state index contributed by atoms with van der Waals surface area (Å²) in [6.07, 6.45) is 3.34. The van der Waals surface area contributed by atoms with Crippen LogP contribution in [-0.2, 0) is 9.47 Å². The van der Waals surface area contributed by atoms with Crippen molar-refractivity contribution in [3.05, 3.63) is 29.8 Å². The highest BCUT2D eigenvalue weighted by atomic mass is 16.5. The van der Waals surface area contributed by atoms with Crippen LogP contribution in [0.1, 0.15) is 38.7 Å². The Bertz CT molecular complexity index is 573. The van der Waals surface area contributed by atoms with Gasteiger partial charge in [0.15, 0.2) is 5.96 Å². The number of benzene rings is 1. The number of nitrogens with zero attached hydrogens (tertiary/aromatic N) is 2. The molecule has 1 heterocycles. The zero-order valence-corrected chi connectivity index (χ0v) is 17.9. The van der Waals surface area contributed by atoms with E-state index in [9.17, 15) is 0 Å². The van der Waals surface area contributed by atoms with Crippen LogP contribution in [0.4, 0.5) is 5.69 Å². The fourth-order valence-electron chi connectivity index (χ4n) is 3.29. The second-order valence-corrected chi connectivity index (χ2v) is 7.14. The van der Waals surface area contributed by atoms with E-state index in [1.54, 1.807) is 0 Å². The van der Waals surface area contributed by atoms with Crippen molar-refractivity contribution in [2.45, 2.75) is 46.1 Å². The molecule has 2 N–H and O–H groups in total. The number of likely N-dealkylation sites (N-methyl/N-ethyl adjacent to an activating group) is 1. The number of hydrogen-bond acceptors (Lipinski definition) is 4. The minimum atomic E-state index is 0.366. The third-order valence-corrected chi connectivity index (χ3v) is 4.86. The summed E-state index contributed by atoms with van der Waals surface area (Å²) in [5.74, 6) is 0.883. The normalized spacial score (nSPS) is 15.5.